The minimum Gasteiger partial charge on any atom is -0.338 e. The number of amides is 2. The maximum absolute atomic E-state index is 13.6. The fourth-order valence-corrected chi connectivity index (χ4v) is 2.97. The topological polar surface area (TPSA) is 73.5 Å². The second-order valence-corrected chi connectivity index (χ2v) is 6.54. The number of para-hydroxylation sites is 1. The molecule has 2 aromatic rings. The molecule has 140 valence electrons. The number of rotatable bonds is 4. The molecule has 8 heteroatoms. The van der Waals surface area contributed by atoms with Crippen LogP contribution in [0.2, 0.25) is 0 Å². The molecule has 0 aliphatic carbocycles. The predicted octanol–water partition coefficient (Wildman–Crippen LogP) is 2.58. The zero-order valence-corrected chi connectivity index (χ0v) is 15.3. The standard InChI is InChI=1S/C19H19FN4O2S/c20-15-7-1-2-8-16(15)21-19(27)23-22-18(26)14-6-3-5-13(11-14)12-24-10-4-9-17(24)25/h1-3,5-8,11H,4,9-10,12H2,(H,22,26)(H2,21,23,27). The van der Waals surface area contributed by atoms with Crippen LogP contribution in [0.3, 0.4) is 0 Å². The van der Waals surface area contributed by atoms with E-state index < -0.39 is 5.82 Å². The number of likely N-dealkylation sites (tertiary alicyclic amines) is 1. The summed E-state index contributed by atoms with van der Waals surface area (Å²) in [7, 11) is 0. The lowest BCUT2D eigenvalue weighted by Gasteiger charge is -2.16. The number of thiocarbonyl (C=S) groups is 1. The van der Waals surface area contributed by atoms with Crippen LogP contribution in [0.25, 0.3) is 0 Å². The summed E-state index contributed by atoms with van der Waals surface area (Å²) in [5, 5.41) is 2.73. The van der Waals surface area contributed by atoms with Gasteiger partial charge in [0, 0.05) is 25.1 Å². The molecule has 6 nitrogen and oxygen atoms in total. The van der Waals surface area contributed by atoms with Crippen LogP contribution in [0.15, 0.2) is 48.5 Å². The van der Waals surface area contributed by atoms with Crippen molar-refractivity contribution in [3.63, 3.8) is 0 Å². The minimum absolute atomic E-state index is 0.0623. The first-order valence-electron chi connectivity index (χ1n) is 8.51. The van der Waals surface area contributed by atoms with E-state index in [1.54, 1.807) is 35.2 Å². The van der Waals surface area contributed by atoms with Gasteiger partial charge in [0.05, 0.1) is 5.69 Å². The summed E-state index contributed by atoms with van der Waals surface area (Å²) in [6.07, 6.45) is 1.45. The van der Waals surface area contributed by atoms with E-state index in [4.69, 9.17) is 12.2 Å². The molecule has 1 aliphatic rings. The Morgan fingerprint density at radius 1 is 1.15 bits per heavy atom. The number of nitrogens with one attached hydrogen (secondary N) is 3. The molecule has 0 aromatic heterocycles. The fourth-order valence-electron chi connectivity index (χ4n) is 2.80. The van der Waals surface area contributed by atoms with Crippen LogP contribution < -0.4 is 16.2 Å². The van der Waals surface area contributed by atoms with E-state index in [9.17, 15) is 14.0 Å². The molecule has 3 rings (SSSR count). The van der Waals surface area contributed by atoms with Crippen molar-refractivity contribution in [2.45, 2.75) is 19.4 Å². The first-order valence-corrected chi connectivity index (χ1v) is 8.92. The third-order valence-corrected chi connectivity index (χ3v) is 4.35. The van der Waals surface area contributed by atoms with E-state index in [1.165, 1.54) is 12.1 Å². The van der Waals surface area contributed by atoms with Gasteiger partial charge in [-0.2, -0.15) is 0 Å². The van der Waals surface area contributed by atoms with Crippen molar-refractivity contribution in [1.82, 2.24) is 15.8 Å². The molecule has 0 bridgehead atoms. The summed E-state index contributed by atoms with van der Waals surface area (Å²) in [4.78, 5) is 25.8. The Bertz CT molecular complexity index is 874. The van der Waals surface area contributed by atoms with E-state index in [2.05, 4.69) is 16.2 Å². The van der Waals surface area contributed by atoms with E-state index >= 15 is 0 Å². The number of carbonyl (C=O) groups is 2. The van der Waals surface area contributed by atoms with Crippen LogP contribution >= 0.6 is 12.2 Å². The van der Waals surface area contributed by atoms with Gasteiger partial charge in [0.25, 0.3) is 5.91 Å². The molecule has 1 fully saturated rings. The summed E-state index contributed by atoms with van der Waals surface area (Å²) in [5.74, 6) is -0.699. The number of hydrogen-bond acceptors (Lipinski definition) is 3. The Balaban J connectivity index is 1.54. The average Bonchev–Trinajstić information content (AvgIpc) is 3.06. The number of carbonyl (C=O) groups excluding carboxylic acids is 2. The average molecular weight is 386 g/mol. The predicted molar refractivity (Wildman–Crippen MR) is 104 cm³/mol. The van der Waals surface area contributed by atoms with E-state index in [0.717, 1.165) is 18.5 Å². The molecule has 1 heterocycles. The third kappa shape index (κ3) is 5.01. The highest BCUT2D eigenvalue weighted by molar-refractivity contribution is 7.80. The van der Waals surface area contributed by atoms with E-state index in [-0.39, 0.29) is 22.6 Å². The van der Waals surface area contributed by atoms with Crippen LogP contribution in [-0.2, 0) is 11.3 Å². The number of anilines is 1. The van der Waals surface area contributed by atoms with Crippen LogP contribution in [0, 0.1) is 5.82 Å². The highest BCUT2D eigenvalue weighted by Gasteiger charge is 2.20. The third-order valence-electron chi connectivity index (χ3n) is 4.15. The largest absolute Gasteiger partial charge is 0.338 e. The first-order chi connectivity index (χ1) is 13.0. The highest BCUT2D eigenvalue weighted by Crippen LogP contribution is 2.15. The van der Waals surface area contributed by atoms with E-state index in [1.807, 2.05) is 6.07 Å². The molecule has 1 aliphatic heterocycles. The van der Waals surface area contributed by atoms with E-state index in [0.29, 0.717) is 18.5 Å². The van der Waals surface area contributed by atoms with Crippen molar-refractivity contribution < 1.29 is 14.0 Å². The summed E-state index contributed by atoms with van der Waals surface area (Å²) in [6.45, 7) is 1.23. The highest BCUT2D eigenvalue weighted by atomic mass is 32.1. The second kappa shape index (κ2) is 8.59. The van der Waals surface area contributed by atoms with Gasteiger partial charge in [-0.25, -0.2) is 4.39 Å². The lowest BCUT2D eigenvalue weighted by atomic mass is 10.1. The monoisotopic (exact) mass is 386 g/mol. The van der Waals surface area contributed by atoms with Gasteiger partial charge < -0.3 is 10.2 Å². The molecular formula is C19H19FN4O2S. The molecule has 0 radical (unpaired) electrons. The van der Waals surface area contributed by atoms with Crippen molar-refractivity contribution in [1.29, 1.82) is 0 Å². The number of hydrazine groups is 1. The maximum Gasteiger partial charge on any atom is 0.269 e. The molecule has 2 amide bonds. The summed E-state index contributed by atoms with van der Waals surface area (Å²) in [5.41, 5.74) is 6.54. The molecule has 3 N–H and O–H groups in total. The molecule has 0 spiro atoms. The van der Waals surface area contributed by atoms with Crippen molar-refractivity contribution >= 4 is 34.8 Å². The van der Waals surface area contributed by atoms with Gasteiger partial charge in [-0.05, 0) is 48.5 Å². The van der Waals surface area contributed by atoms with Gasteiger partial charge in [0.15, 0.2) is 5.11 Å². The van der Waals surface area contributed by atoms with Gasteiger partial charge in [0.2, 0.25) is 5.91 Å². The lowest BCUT2D eigenvalue weighted by molar-refractivity contribution is -0.128. The number of hydrogen-bond donors (Lipinski definition) is 3. The van der Waals surface area contributed by atoms with Crippen LogP contribution in [0.1, 0.15) is 28.8 Å². The Kier molecular flexibility index (Phi) is 5.97. The minimum atomic E-state index is -0.447. The Labute approximate surface area is 161 Å². The van der Waals surface area contributed by atoms with Gasteiger partial charge in [-0.15, -0.1) is 0 Å². The second-order valence-electron chi connectivity index (χ2n) is 6.13. The molecule has 0 saturated carbocycles. The summed E-state index contributed by atoms with van der Waals surface area (Å²) in [6, 6.07) is 13.1. The van der Waals surface area contributed by atoms with Crippen molar-refractivity contribution in [2.24, 2.45) is 0 Å². The number of nitrogens with zero attached hydrogens (tertiary/aromatic N) is 1. The van der Waals surface area contributed by atoms with Crippen molar-refractivity contribution in [3.05, 3.63) is 65.5 Å². The first kappa shape index (κ1) is 18.8. The van der Waals surface area contributed by atoms with Crippen LogP contribution in [0.4, 0.5) is 10.1 Å². The zero-order valence-electron chi connectivity index (χ0n) is 14.5. The van der Waals surface area contributed by atoms with Crippen LogP contribution in [-0.4, -0.2) is 28.4 Å². The van der Waals surface area contributed by atoms with Gasteiger partial charge in [-0.1, -0.05) is 24.3 Å². The normalized spacial score (nSPS) is 13.4. The molecule has 0 unspecified atom stereocenters. The summed E-state index contributed by atoms with van der Waals surface area (Å²) < 4.78 is 13.6. The Morgan fingerprint density at radius 2 is 1.96 bits per heavy atom. The van der Waals surface area contributed by atoms with Crippen molar-refractivity contribution in [3.8, 4) is 0 Å². The smallest absolute Gasteiger partial charge is 0.269 e. The van der Waals surface area contributed by atoms with Gasteiger partial charge in [0.1, 0.15) is 5.82 Å². The van der Waals surface area contributed by atoms with Crippen molar-refractivity contribution in [2.75, 3.05) is 11.9 Å². The van der Waals surface area contributed by atoms with Gasteiger partial charge >= 0.3 is 0 Å². The molecule has 1 saturated heterocycles. The molecule has 0 atom stereocenters. The Hall–Kier alpha value is -3.00. The molecular weight excluding hydrogens is 367 g/mol. The quantitative estimate of drug-likeness (QED) is 0.556. The number of halogens is 1. The zero-order chi connectivity index (χ0) is 19.2. The molecule has 27 heavy (non-hydrogen) atoms. The summed E-state index contributed by atoms with van der Waals surface area (Å²) >= 11 is 5.05. The SMILES string of the molecule is O=C(NNC(=S)Nc1ccccc1F)c1cccc(CN2CCCC2=O)c1. The lowest BCUT2D eigenvalue weighted by Crippen LogP contribution is -2.43. The fraction of sp³-hybridized carbons (Fsp3) is 0.211. The Morgan fingerprint density at radius 3 is 2.70 bits per heavy atom. The molecule has 2 aromatic carbocycles. The van der Waals surface area contributed by atoms with Crippen LogP contribution in [0.5, 0.6) is 0 Å². The maximum atomic E-state index is 13.6. The van der Waals surface area contributed by atoms with Gasteiger partial charge in [-0.3, -0.25) is 20.4 Å². The number of benzene rings is 2.